The molecule has 0 saturated carbocycles. The van der Waals surface area contributed by atoms with Crippen LogP contribution in [-0.2, 0) is 17.0 Å². The predicted molar refractivity (Wildman–Crippen MR) is 116 cm³/mol. The van der Waals surface area contributed by atoms with E-state index in [1.165, 1.54) is 23.9 Å². The first-order chi connectivity index (χ1) is 14.7. The molecule has 4 aromatic rings. The average Bonchev–Trinajstić information content (AvgIpc) is 3.27. The lowest BCUT2D eigenvalue weighted by atomic mass is 10.1. The maximum Gasteiger partial charge on any atom is 0.262 e. The molecule has 2 aromatic heterocycles. The van der Waals surface area contributed by atoms with Gasteiger partial charge in [0.25, 0.3) is 5.56 Å². The maximum absolute atomic E-state index is 14.1. The molecule has 0 N–H and O–H groups in total. The number of benzene rings is 2. The van der Waals surface area contributed by atoms with Gasteiger partial charge < -0.3 is 4.74 Å². The molecule has 2 aromatic carbocycles. The number of rotatable bonds is 5. The van der Waals surface area contributed by atoms with E-state index in [9.17, 15) is 9.18 Å². The lowest BCUT2D eigenvalue weighted by Crippen LogP contribution is -2.28. The highest BCUT2D eigenvalue weighted by atomic mass is 32.2. The number of ether oxygens (including phenoxy) is 1. The third-order valence-corrected chi connectivity index (χ3v) is 6.37. The van der Waals surface area contributed by atoms with Gasteiger partial charge in [-0.3, -0.25) is 14.3 Å². The van der Waals surface area contributed by atoms with Crippen LogP contribution in [0.2, 0.25) is 0 Å². The second-order valence-corrected chi connectivity index (χ2v) is 8.33. The van der Waals surface area contributed by atoms with Crippen molar-refractivity contribution in [3.63, 3.8) is 0 Å². The van der Waals surface area contributed by atoms with Crippen molar-refractivity contribution in [1.29, 1.82) is 0 Å². The minimum atomic E-state index is -0.297. The third-order valence-electron chi connectivity index (χ3n) is 5.34. The zero-order chi connectivity index (χ0) is 20.5. The second-order valence-electron chi connectivity index (χ2n) is 7.39. The molecule has 1 atom stereocenters. The molecule has 1 fully saturated rings. The van der Waals surface area contributed by atoms with Gasteiger partial charge >= 0.3 is 0 Å². The van der Waals surface area contributed by atoms with Gasteiger partial charge in [-0.25, -0.2) is 9.37 Å². The Morgan fingerprint density at radius 3 is 2.97 bits per heavy atom. The van der Waals surface area contributed by atoms with Gasteiger partial charge in [-0.05, 0) is 48.7 Å². The van der Waals surface area contributed by atoms with Crippen LogP contribution in [0.5, 0.6) is 0 Å². The fraction of sp³-hybridized carbons (Fsp3) is 0.261. The summed E-state index contributed by atoms with van der Waals surface area (Å²) in [4.78, 5) is 22.4. The lowest BCUT2D eigenvalue weighted by Gasteiger charge is -2.16. The molecule has 1 saturated heterocycles. The van der Waals surface area contributed by atoms with Gasteiger partial charge in [0.2, 0.25) is 0 Å². The number of halogens is 1. The zero-order valence-corrected chi connectivity index (χ0v) is 17.1. The van der Waals surface area contributed by atoms with Crippen LogP contribution in [0.25, 0.3) is 21.8 Å². The van der Waals surface area contributed by atoms with Gasteiger partial charge in [-0.1, -0.05) is 30.0 Å². The molecule has 30 heavy (non-hydrogen) atoms. The van der Waals surface area contributed by atoms with Crippen molar-refractivity contribution in [3.8, 4) is 0 Å². The predicted octanol–water partition coefficient (Wildman–Crippen LogP) is 4.56. The monoisotopic (exact) mass is 421 g/mol. The highest BCUT2D eigenvalue weighted by Gasteiger charge is 2.20. The van der Waals surface area contributed by atoms with Crippen LogP contribution in [0.3, 0.4) is 0 Å². The number of pyridine rings is 1. The van der Waals surface area contributed by atoms with Crippen LogP contribution in [-0.4, -0.2) is 27.2 Å². The molecule has 1 unspecified atom stereocenters. The topological polar surface area (TPSA) is 57.0 Å². The number of hydrogen-bond donors (Lipinski definition) is 0. The Balaban J connectivity index is 1.54. The standard InChI is InChI=1S/C23H20FN3O2S/c24-17-11-15-5-3-9-25-21(15)16(12-17)14-30-23-26-20-8-2-1-7-19(20)22(28)27(23)13-18-6-4-10-29-18/h1-3,5,7-9,11-12,18H,4,6,10,13-14H2. The first-order valence-corrected chi connectivity index (χ1v) is 10.9. The summed E-state index contributed by atoms with van der Waals surface area (Å²) < 4.78 is 21.6. The number of nitrogens with zero attached hydrogens (tertiary/aromatic N) is 3. The summed E-state index contributed by atoms with van der Waals surface area (Å²) in [6.45, 7) is 1.20. The number of thioether (sulfide) groups is 1. The highest BCUT2D eigenvalue weighted by molar-refractivity contribution is 7.98. The summed E-state index contributed by atoms with van der Waals surface area (Å²) in [6, 6.07) is 14.0. The average molecular weight is 421 g/mol. The molecule has 0 bridgehead atoms. The van der Waals surface area contributed by atoms with Crippen LogP contribution in [0.4, 0.5) is 4.39 Å². The van der Waals surface area contributed by atoms with E-state index in [0.717, 1.165) is 35.9 Å². The first-order valence-electron chi connectivity index (χ1n) is 9.96. The quantitative estimate of drug-likeness (QED) is 0.349. The van der Waals surface area contributed by atoms with Crippen LogP contribution < -0.4 is 5.56 Å². The maximum atomic E-state index is 14.1. The normalized spacial score (nSPS) is 16.5. The first kappa shape index (κ1) is 19.2. The summed E-state index contributed by atoms with van der Waals surface area (Å²) in [5, 5.41) is 1.97. The number of aromatic nitrogens is 3. The van der Waals surface area contributed by atoms with E-state index >= 15 is 0 Å². The molecule has 7 heteroatoms. The Bertz CT molecular complexity index is 1280. The number of hydrogen-bond acceptors (Lipinski definition) is 5. The molecule has 1 aliphatic heterocycles. The van der Waals surface area contributed by atoms with Crippen molar-refractivity contribution >= 4 is 33.6 Å². The van der Waals surface area contributed by atoms with Gasteiger partial charge in [0.1, 0.15) is 5.82 Å². The minimum absolute atomic E-state index is 0.0154. The summed E-state index contributed by atoms with van der Waals surface area (Å²) in [5.41, 5.74) is 2.14. The van der Waals surface area contributed by atoms with E-state index in [4.69, 9.17) is 9.72 Å². The van der Waals surface area contributed by atoms with E-state index in [-0.39, 0.29) is 17.5 Å². The Kier molecular flexibility index (Phi) is 5.23. The zero-order valence-electron chi connectivity index (χ0n) is 16.3. The Morgan fingerprint density at radius 1 is 1.20 bits per heavy atom. The fourth-order valence-electron chi connectivity index (χ4n) is 3.89. The van der Waals surface area contributed by atoms with Crippen LogP contribution in [0, 0.1) is 5.82 Å². The van der Waals surface area contributed by atoms with Crippen molar-refractivity contribution in [1.82, 2.24) is 14.5 Å². The van der Waals surface area contributed by atoms with Gasteiger partial charge in [0, 0.05) is 23.9 Å². The smallest absolute Gasteiger partial charge is 0.262 e. The minimum Gasteiger partial charge on any atom is -0.376 e. The molecule has 0 aliphatic carbocycles. The van der Waals surface area contributed by atoms with Gasteiger partial charge in [-0.2, -0.15) is 0 Å². The van der Waals surface area contributed by atoms with Gasteiger partial charge in [0.05, 0.1) is 29.1 Å². The van der Waals surface area contributed by atoms with Crippen molar-refractivity contribution in [3.05, 3.63) is 76.5 Å². The molecule has 0 amide bonds. The summed E-state index contributed by atoms with van der Waals surface area (Å²) in [5.74, 6) is 0.163. The molecule has 5 nitrogen and oxygen atoms in total. The van der Waals surface area contributed by atoms with E-state index in [2.05, 4.69) is 4.98 Å². The Morgan fingerprint density at radius 2 is 2.10 bits per heavy atom. The van der Waals surface area contributed by atoms with Crippen LogP contribution in [0.1, 0.15) is 18.4 Å². The summed E-state index contributed by atoms with van der Waals surface area (Å²) >= 11 is 1.43. The molecule has 0 radical (unpaired) electrons. The summed E-state index contributed by atoms with van der Waals surface area (Å²) in [6.07, 6.45) is 3.66. The fourth-order valence-corrected chi connectivity index (χ4v) is 4.87. The molecule has 1 aliphatic rings. The summed E-state index contributed by atoms with van der Waals surface area (Å²) in [7, 11) is 0. The van der Waals surface area contributed by atoms with E-state index in [1.54, 1.807) is 22.9 Å². The second kappa shape index (κ2) is 8.16. The SMILES string of the molecule is O=c1c2ccccc2nc(SCc2cc(F)cc3cccnc23)n1CC1CCCO1. The highest BCUT2D eigenvalue weighted by Crippen LogP contribution is 2.27. The molecule has 152 valence electrons. The van der Waals surface area contributed by atoms with E-state index < -0.39 is 0 Å². The number of para-hydroxylation sites is 1. The van der Waals surface area contributed by atoms with Crippen molar-refractivity contribution in [2.24, 2.45) is 0 Å². The Labute approximate surface area is 176 Å². The lowest BCUT2D eigenvalue weighted by molar-refractivity contribution is 0.0937. The van der Waals surface area contributed by atoms with E-state index in [0.29, 0.717) is 28.4 Å². The molecule has 3 heterocycles. The third kappa shape index (κ3) is 3.70. The largest absolute Gasteiger partial charge is 0.376 e. The van der Waals surface area contributed by atoms with Crippen molar-refractivity contribution < 1.29 is 9.13 Å². The molecule has 0 spiro atoms. The molecular weight excluding hydrogens is 401 g/mol. The Hall–Kier alpha value is -2.77. The molecular formula is C23H20FN3O2S. The van der Waals surface area contributed by atoms with Crippen molar-refractivity contribution in [2.45, 2.75) is 36.4 Å². The van der Waals surface area contributed by atoms with E-state index in [1.807, 2.05) is 24.3 Å². The molecule has 5 rings (SSSR count). The van der Waals surface area contributed by atoms with Gasteiger partial charge in [0.15, 0.2) is 5.16 Å². The van der Waals surface area contributed by atoms with Crippen LogP contribution in [0.15, 0.2) is 64.7 Å². The van der Waals surface area contributed by atoms with Crippen molar-refractivity contribution in [2.75, 3.05) is 6.61 Å². The van der Waals surface area contributed by atoms with Crippen LogP contribution >= 0.6 is 11.8 Å². The van der Waals surface area contributed by atoms with Gasteiger partial charge in [-0.15, -0.1) is 0 Å². The number of fused-ring (bicyclic) bond motifs is 2.